The summed E-state index contributed by atoms with van der Waals surface area (Å²) in [4.78, 5) is 11.3. The van der Waals surface area contributed by atoms with Crippen LogP contribution in [0.1, 0.15) is 12.1 Å². The van der Waals surface area contributed by atoms with E-state index in [2.05, 4.69) is 5.10 Å². The third-order valence-corrected chi connectivity index (χ3v) is 5.53. The Morgan fingerprint density at radius 3 is 2.79 bits per heavy atom. The van der Waals surface area contributed by atoms with Gasteiger partial charge >= 0.3 is 10.2 Å². The molecule has 0 bridgehead atoms. The third kappa shape index (κ3) is 2.13. The number of hydrogen-bond donors (Lipinski definition) is 2. The molecule has 0 unspecified atom stereocenters. The molecular weight excluding hydrogens is 339 g/mol. The van der Waals surface area contributed by atoms with Gasteiger partial charge in [-0.25, -0.2) is 13.4 Å². The maximum absolute atomic E-state index is 14.5. The molecule has 1 amide bonds. The number of nitrogens with zero attached hydrogens (tertiary/aromatic N) is 3. The van der Waals surface area contributed by atoms with Crippen LogP contribution in [0.2, 0.25) is 0 Å². The number of carbonyl (C=O) groups excluding carboxylic acids is 1. The Morgan fingerprint density at radius 1 is 1.33 bits per heavy atom. The van der Waals surface area contributed by atoms with Crippen LogP contribution in [0.15, 0.2) is 18.3 Å². The van der Waals surface area contributed by atoms with Crippen LogP contribution in [0.5, 0.6) is 5.75 Å². The molecule has 2 aliphatic heterocycles. The molecule has 1 aromatic heterocycles. The molecule has 0 radical (unpaired) electrons. The summed E-state index contributed by atoms with van der Waals surface area (Å²) in [6.45, 7) is 0.219. The third-order valence-electron chi connectivity index (χ3n) is 4.16. The Morgan fingerprint density at radius 2 is 2.12 bits per heavy atom. The molecule has 0 spiro atoms. The van der Waals surface area contributed by atoms with Gasteiger partial charge in [0, 0.05) is 17.8 Å². The molecule has 0 atom stereocenters. The van der Waals surface area contributed by atoms with Gasteiger partial charge in [0.15, 0.2) is 5.82 Å². The second kappa shape index (κ2) is 4.94. The smallest absolute Gasteiger partial charge is 0.326 e. The van der Waals surface area contributed by atoms with Gasteiger partial charge in [-0.15, -0.1) is 0 Å². The first-order valence-electron chi connectivity index (χ1n) is 7.28. The Labute approximate surface area is 136 Å². The molecule has 0 aliphatic carbocycles. The number of halogens is 1. The standard InChI is InChI=1S/C14H13FN4O4S/c15-10-4-8(9-6-16-18-3-1-2-11(9)18)5-12(20)14(10)19-7-13(21)17-24(19,22)23/h4-6,20H,1-3,7H2,(H,17,21). The van der Waals surface area contributed by atoms with E-state index in [1.165, 1.54) is 6.07 Å². The first-order valence-corrected chi connectivity index (χ1v) is 8.72. The van der Waals surface area contributed by atoms with Crippen molar-refractivity contribution in [1.29, 1.82) is 0 Å². The van der Waals surface area contributed by atoms with Crippen LogP contribution in [0.4, 0.5) is 10.1 Å². The molecule has 10 heteroatoms. The molecule has 4 rings (SSSR count). The molecule has 0 saturated carbocycles. The molecule has 2 aliphatic rings. The molecule has 1 aromatic carbocycles. The summed E-state index contributed by atoms with van der Waals surface area (Å²) in [6, 6.07) is 2.43. The van der Waals surface area contributed by atoms with E-state index >= 15 is 0 Å². The number of aromatic hydroxyl groups is 1. The summed E-state index contributed by atoms with van der Waals surface area (Å²) >= 11 is 0. The zero-order chi connectivity index (χ0) is 17.1. The molecular formula is C14H13FN4O4S. The highest BCUT2D eigenvalue weighted by atomic mass is 32.2. The van der Waals surface area contributed by atoms with E-state index in [0.29, 0.717) is 15.4 Å². The van der Waals surface area contributed by atoms with E-state index < -0.39 is 39.9 Å². The van der Waals surface area contributed by atoms with Crippen LogP contribution in [-0.2, 0) is 28.0 Å². The van der Waals surface area contributed by atoms with E-state index in [1.807, 2.05) is 4.68 Å². The Balaban J connectivity index is 1.81. The number of carbonyl (C=O) groups is 1. The fourth-order valence-electron chi connectivity index (χ4n) is 3.14. The van der Waals surface area contributed by atoms with E-state index in [9.17, 15) is 22.7 Å². The number of aromatic nitrogens is 2. The normalized spacial score (nSPS) is 18.7. The Hall–Kier alpha value is -2.62. The van der Waals surface area contributed by atoms with Crippen molar-refractivity contribution in [2.45, 2.75) is 19.4 Å². The van der Waals surface area contributed by atoms with E-state index in [1.54, 1.807) is 10.9 Å². The number of fused-ring (bicyclic) bond motifs is 1. The van der Waals surface area contributed by atoms with Crippen LogP contribution < -0.4 is 9.03 Å². The SMILES string of the molecule is O=C1CN(c2c(O)cc(-c3cnn4c3CCC4)cc2F)S(=O)(=O)N1. The van der Waals surface area contributed by atoms with Gasteiger partial charge in [0.05, 0.1) is 6.20 Å². The largest absolute Gasteiger partial charge is 0.506 e. The summed E-state index contributed by atoms with van der Waals surface area (Å²) in [5, 5.41) is 14.4. The van der Waals surface area contributed by atoms with Crippen molar-refractivity contribution in [1.82, 2.24) is 14.5 Å². The zero-order valence-corrected chi connectivity index (χ0v) is 13.2. The Bertz CT molecular complexity index is 946. The average molecular weight is 352 g/mol. The second-order valence-corrected chi connectivity index (χ2v) is 7.29. The van der Waals surface area contributed by atoms with Crippen molar-refractivity contribution in [3.63, 3.8) is 0 Å². The molecule has 2 aromatic rings. The lowest BCUT2D eigenvalue weighted by Crippen LogP contribution is -2.30. The second-order valence-electron chi connectivity index (χ2n) is 5.69. The molecule has 1 saturated heterocycles. The Kier molecular flexibility index (Phi) is 3.07. The lowest BCUT2D eigenvalue weighted by atomic mass is 10.0. The van der Waals surface area contributed by atoms with Gasteiger partial charge in [0.25, 0.3) is 5.91 Å². The van der Waals surface area contributed by atoms with Crippen molar-refractivity contribution in [3.05, 3.63) is 29.8 Å². The summed E-state index contributed by atoms with van der Waals surface area (Å²) in [7, 11) is -4.19. The van der Waals surface area contributed by atoms with Crippen molar-refractivity contribution in [2.75, 3.05) is 10.8 Å². The summed E-state index contributed by atoms with van der Waals surface area (Å²) in [5.41, 5.74) is 1.52. The van der Waals surface area contributed by atoms with Crippen molar-refractivity contribution >= 4 is 21.8 Å². The van der Waals surface area contributed by atoms with E-state index in [4.69, 9.17) is 0 Å². The molecule has 2 N–H and O–H groups in total. The van der Waals surface area contributed by atoms with Crippen molar-refractivity contribution < 1.29 is 22.7 Å². The van der Waals surface area contributed by atoms with Crippen LogP contribution >= 0.6 is 0 Å². The van der Waals surface area contributed by atoms with Gasteiger partial charge in [0.1, 0.15) is 18.0 Å². The number of aryl methyl sites for hydroxylation is 1. The van der Waals surface area contributed by atoms with Gasteiger partial charge in [-0.3, -0.25) is 9.48 Å². The molecule has 24 heavy (non-hydrogen) atoms. The summed E-state index contributed by atoms with van der Waals surface area (Å²) in [5.74, 6) is -2.27. The predicted molar refractivity (Wildman–Crippen MR) is 82.0 cm³/mol. The van der Waals surface area contributed by atoms with Crippen LogP contribution in [-0.4, -0.2) is 35.8 Å². The lowest BCUT2D eigenvalue weighted by Gasteiger charge is -2.17. The highest BCUT2D eigenvalue weighted by Gasteiger charge is 2.37. The lowest BCUT2D eigenvalue weighted by molar-refractivity contribution is -0.117. The van der Waals surface area contributed by atoms with Gasteiger partial charge in [-0.05, 0) is 30.5 Å². The number of rotatable bonds is 2. The number of hydrogen-bond acceptors (Lipinski definition) is 5. The van der Waals surface area contributed by atoms with Gasteiger partial charge < -0.3 is 5.11 Å². The molecule has 1 fully saturated rings. The number of amides is 1. The number of phenols is 1. The minimum Gasteiger partial charge on any atom is -0.506 e. The highest BCUT2D eigenvalue weighted by Crippen LogP contribution is 2.38. The fourth-order valence-corrected chi connectivity index (χ4v) is 4.31. The number of benzene rings is 1. The minimum absolute atomic E-state index is 0.410. The average Bonchev–Trinajstić information content (AvgIpc) is 3.12. The van der Waals surface area contributed by atoms with E-state index in [-0.39, 0.29) is 0 Å². The molecule has 3 heterocycles. The van der Waals surface area contributed by atoms with E-state index in [0.717, 1.165) is 31.1 Å². The number of phenolic OH excluding ortho intramolecular Hbond substituents is 1. The number of anilines is 1. The van der Waals surface area contributed by atoms with Crippen molar-refractivity contribution in [3.8, 4) is 16.9 Å². The predicted octanol–water partition coefficient (Wildman–Crippen LogP) is 0.522. The first kappa shape index (κ1) is 14.9. The zero-order valence-electron chi connectivity index (χ0n) is 12.4. The maximum atomic E-state index is 14.5. The van der Waals surface area contributed by atoms with Crippen LogP contribution in [0.25, 0.3) is 11.1 Å². The van der Waals surface area contributed by atoms with Gasteiger partial charge in [0.2, 0.25) is 0 Å². The quantitative estimate of drug-likeness (QED) is 0.820. The van der Waals surface area contributed by atoms with Gasteiger partial charge in [-0.2, -0.15) is 13.5 Å². The van der Waals surface area contributed by atoms with Crippen LogP contribution in [0.3, 0.4) is 0 Å². The number of nitrogens with one attached hydrogen (secondary N) is 1. The van der Waals surface area contributed by atoms with Gasteiger partial charge in [-0.1, -0.05) is 0 Å². The highest BCUT2D eigenvalue weighted by molar-refractivity contribution is 7.92. The molecule has 126 valence electrons. The molecule has 8 nitrogen and oxygen atoms in total. The fraction of sp³-hybridized carbons (Fsp3) is 0.286. The minimum atomic E-state index is -4.19. The summed E-state index contributed by atoms with van der Waals surface area (Å²) < 4.78 is 42.3. The summed E-state index contributed by atoms with van der Waals surface area (Å²) in [6.07, 6.45) is 3.35. The topological polar surface area (TPSA) is 105 Å². The monoisotopic (exact) mass is 352 g/mol. The maximum Gasteiger partial charge on any atom is 0.326 e. The first-order chi connectivity index (χ1) is 11.4. The van der Waals surface area contributed by atoms with Crippen LogP contribution in [0, 0.1) is 5.82 Å². The van der Waals surface area contributed by atoms with Crippen molar-refractivity contribution in [2.24, 2.45) is 0 Å².